The van der Waals surface area contributed by atoms with Crippen LogP contribution < -0.4 is 4.74 Å². The van der Waals surface area contributed by atoms with Gasteiger partial charge in [-0.25, -0.2) is 4.68 Å². The first kappa shape index (κ1) is 15.6. The first-order valence-electron chi connectivity index (χ1n) is 7.22. The van der Waals surface area contributed by atoms with Crippen LogP contribution >= 0.6 is 0 Å². The molecule has 4 heteroatoms. The van der Waals surface area contributed by atoms with Crippen molar-refractivity contribution in [3.05, 3.63) is 41.1 Å². The molecule has 0 aliphatic rings. The zero-order chi connectivity index (χ0) is 15.6. The molecule has 0 spiro atoms. The van der Waals surface area contributed by atoms with Gasteiger partial charge in [0.05, 0.1) is 18.5 Å². The molecule has 0 aliphatic heterocycles. The molecule has 0 unspecified atom stereocenters. The van der Waals surface area contributed by atoms with Crippen molar-refractivity contribution in [1.29, 1.82) is 0 Å². The Morgan fingerprint density at radius 3 is 2.29 bits per heavy atom. The van der Waals surface area contributed by atoms with Gasteiger partial charge in [-0.15, -0.1) is 0 Å². The highest BCUT2D eigenvalue weighted by atomic mass is 16.5. The van der Waals surface area contributed by atoms with Gasteiger partial charge in [0.1, 0.15) is 0 Å². The van der Waals surface area contributed by atoms with E-state index in [9.17, 15) is 5.11 Å². The summed E-state index contributed by atoms with van der Waals surface area (Å²) in [5, 5.41) is 14.1. The van der Waals surface area contributed by atoms with E-state index in [-0.39, 0.29) is 12.0 Å². The first-order valence-corrected chi connectivity index (χ1v) is 7.22. The fourth-order valence-corrected chi connectivity index (χ4v) is 2.45. The number of ether oxygens (including phenoxy) is 1. The molecule has 21 heavy (non-hydrogen) atoms. The van der Waals surface area contributed by atoms with E-state index in [1.54, 1.807) is 7.11 Å². The smallest absolute Gasteiger partial charge is 0.220 e. The molecule has 1 N–H and O–H groups in total. The van der Waals surface area contributed by atoms with Gasteiger partial charge < -0.3 is 9.84 Å². The Morgan fingerprint density at radius 2 is 1.81 bits per heavy atom. The second kappa shape index (κ2) is 5.90. The normalized spacial score (nSPS) is 11.7. The van der Waals surface area contributed by atoms with Gasteiger partial charge >= 0.3 is 0 Å². The third-order valence-electron chi connectivity index (χ3n) is 3.48. The molecule has 0 amide bonds. The molecule has 114 valence electrons. The lowest BCUT2D eigenvalue weighted by molar-refractivity contribution is 0.295. The Bertz CT molecular complexity index is 607. The monoisotopic (exact) mass is 288 g/mol. The minimum absolute atomic E-state index is 0.0824. The predicted molar refractivity (Wildman–Crippen MR) is 84.3 cm³/mol. The lowest BCUT2D eigenvalue weighted by Crippen LogP contribution is -2.15. The highest BCUT2D eigenvalue weighted by Crippen LogP contribution is 2.33. The van der Waals surface area contributed by atoms with Crippen LogP contribution in [-0.4, -0.2) is 28.6 Å². The summed E-state index contributed by atoms with van der Waals surface area (Å²) in [5.41, 5.74) is 4.01. The van der Waals surface area contributed by atoms with E-state index in [2.05, 4.69) is 39.8 Å². The van der Waals surface area contributed by atoms with E-state index in [0.29, 0.717) is 12.3 Å². The SMILES string of the molecule is COc1c(CCO)c(C(C)(C)C)nn1-c1ccc(C)cc1. The first-order chi connectivity index (χ1) is 9.88. The summed E-state index contributed by atoms with van der Waals surface area (Å²) in [5.74, 6) is 0.706. The van der Waals surface area contributed by atoms with Crippen LogP contribution in [0.4, 0.5) is 0 Å². The Kier molecular flexibility index (Phi) is 4.37. The fraction of sp³-hybridized carbons (Fsp3) is 0.471. The average molecular weight is 288 g/mol. The lowest BCUT2D eigenvalue weighted by atomic mass is 9.88. The van der Waals surface area contributed by atoms with Gasteiger partial charge in [0.2, 0.25) is 5.88 Å². The highest BCUT2D eigenvalue weighted by molar-refractivity contribution is 5.44. The van der Waals surface area contributed by atoms with Gasteiger partial charge in [0.15, 0.2) is 0 Å². The maximum atomic E-state index is 9.35. The van der Waals surface area contributed by atoms with Crippen LogP contribution in [0.1, 0.15) is 37.6 Å². The Labute approximate surface area is 126 Å². The summed E-state index contributed by atoms with van der Waals surface area (Å²) in [7, 11) is 1.65. The molecule has 0 fully saturated rings. The number of hydrogen-bond donors (Lipinski definition) is 1. The average Bonchev–Trinajstić information content (AvgIpc) is 2.78. The quantitative estimate of drug-likeness (QED) is 0.940. The molecule has 1 aromatic carbocycles. The van der Waals surface area contributed by atoms with Crippen LogP contribution in [0.5, 0.6) is 5.88 Å². The molecule has 0 bridgehead atoms. The number of benzene rings is 1. The number of aliphatic hydroxyl groups excluding tert-OH is 1. The topological polar surface area (TPSA) is 47.3 Å². The minimum Gasteiger partial charge on any atom is -0.481 e. The second-order valence-corrected chi connectivity index (χ2v) is 6.31. The van der Waals surface area contributed by atoms with Gasteiger partial charge in [-0.2, -0.15) is 5.10 Å². The minimum atomic E-state index is -0.103. The summed E-state index contributed by atoms with van der Waals surface area (Å²) in [4.78, 5) is 0. The van der Waals surface area contributed by atoms with Crippen molar-refractivity contribution in [3.63, 3.8) is 0 Å². The number of nitrogens with zero attached hydrogens (tertiary/aromatic N) is 2. The zero-order valence-corrected chi connectivity index (χ0v) is 13.5. The van der Waals surface area contributed by atoms with E-state index in [1.807, 2.05) is 16.8 Å². The van der Waals surface area contributed by atoms with E-state index in [1.165, 1.54) is 5.56 Å². The largest absolute Gasteiger partial charge is 0.481 e. The Balaban J connectivity index is 2.63. The van der Waals surface area contributed by atoms with Crippen molar-refractivity contribution in [2.24, 2.45) is 0 Å². The Hall–Kier alpha value is -1.81. The van der Waals surface area contributed by atoms with Gasteiger partial charge in [0, 0.05) is 24.0 Å². The van der Waals surface area contributed by atoms with Gasteiger partial charge in [-0.3, -0.25) is 0 Å². The predicted octanol–water partition coefficient (Wildman–Crippen LogP) is 3.02. The van der Waals surface area contributed by atoms with Gasteiger partial charge in [0.25, 0.3) is 0 Å². The van der Waals surface area contributed by atoms with Crippen molar-refractivity contribution in [2.45, 2.75) is 39.5 Å². The van der Waals surface area contributed by atoms with Crippen LogP contribution in [0, 0.1) is 6.92 Å². The summed E-state index contributed by atoms with van der Waals surface area (Å²) in [6.07, 6.45) is 0.543. The van der Waals surface area contributed by atoms with Crippen molar-refractivity contribution in [1.82, 2.24) is 9.78 Å². The maximum absolute atomic E-state index is 9.35. The highest BCUT2D eigenvalue weighted by Gasteiger charge is 2.27. The van der Waals surface area contributed by atoms with E-state index < -0.39 is 0 Å². The molecule has 0 saturated heterocycles. The van der Waals surface area contributed by atoms with Crippen LogP contribution in [-0.2, 0) is 11.8 Å². The van der Waals surface area contributed by atoms with E-state index in [0.717, 1.165) is 16.9 Å². The molecule has 1 aromatic heterocycles. The fourth-order valence-electron chi connectivity index (χ4n) is 2.45. The standard InChI is InChI=1S/C17H24N2O2/c1-12-6-8-13(9-7-12)19-16(21-5)14(10-11-20)15(18-19)17(2,3)4/h6-9,20H,10-11H2,1-5H3. The molecule has 2 rings (SSSR count). The third kappa shape index (κ3) is 3.10. The van der Waals surface area contributed by atoms with Crippen molar-refractivity contribution >= 4 is 0 Å². The molecule has 4 nitrogen and oxygen atoms in total. The number of aryl methyl sites for hydroxylation is 1. The van der Waals surface area contributed by atoms with E-state index >= 15 is 0 Å². The maximum Gasteiger partial charge on any atom is 0.220 e. The van der Waals surface area contributed by atoms with Crippen LogP contribution in [0.25, 0.3) is 5.69 Å². The summed E-state index contributed by atoms with van der Waals surface area (Å²) >= 11 is 0. The van der Waals surface area contributed by atoms with Crippen LogP contribution in [0.2, 0.25) is 0 Å². The van der Waals surface area contributed by atoms with Crippen molar-refractivity contribution < 1.29 is 9.84 Å². The summed E-state index contributed by atoms with van der Waals surface area (Å²) in [6, 6.07) is 8.16. The molecular weight excluding hydrogens is 264 g/mol. The molecule has 2 aromatic rings. The number of aromatic nitrogens is 2. The molecule has 0 atom stereocenters. The van der Waals surface area contributed by atoms with Gasteiger partial charge in [-0.1, -0.05) is 38.5 Å². The number of aliphatic hydroxyl groups is 1. The van der Waals surface area contributed by atoms with Crippen molar-refractivity contribution in [2.75, 3.05) is 13.7 Å². The van der Waals surface area contributed by atoms with Gasteiger partial charge in [-0.05, 0) is 19.1 Å². The number of methoxy groups -OCH3 is 1. The van der Waals surface area contributed by atoms with Crippen LogP contribution in [0.3, 0.4) is 0 Å². The lowest BCUT2D eigenvalue weighted by Gasteiger charge is -2.17. The molecule has 0 saturated carbocycles. The molecular formula is C17H24N2O2. The summed E-state index contributed by atoms with van der Waals surface area (Å²) < 4.78 is 7.40. The van der Waals surface area contributed by atoms with E-state index in [4.69, 9.17) is 9.84 Å². The molecule has 0 radical (unpaired) electrons. The second-order valence-electron chi connectivity index (χ2n) is 6.31. The third-order valence-corrected chi connectivity index (χ3v) is 3.48. The number of hydrogen-bond acceptors (Lipinski definition) is 3. The van der Waals surface area contributed by atoms with Crippen LogP contribution in [0.15, 0.2) is 24.3 Å². The number of rotatable bonds is 4. The molecule has 1 heterocycles. The molecule has 0 aliphatic carbocycles. The Morgan fingerprint density at radius 1 is 1.19 bits per heavy atom. The van der Waals surface area contributed by atoms with Crippen molar-refractivity contribution in [3.8, 4) is 11.6 Å². The summed E-state index contributed by atoms with van der Waals surface area (Å²) in [6.45, 7) is 8.50. The zero-order valence-electron chi connectivity index (χ0n) is 13.5.